The summed E-state index contributed by atoms with van der Waals surface area (Å²) in [6.07, 6.45) is 0. The van der Waals surface area contributed by atoms with Crippen molar-refractivity contribution >= 4 is 54.1 Å². The van der Waals surface area contributed by atoms with Gasteiger partial charge in [0.1, 0.15) is 0 Å². The molecule has 0 unspecified atom stereocenters. The fourth-order valence-electron chi connectivity index (χ4n) is 9.25. The van der Waals surface area contributed by atoms with Gasteiger partial charge in [-0.15, -0.1) is 0 Å². The van der Waals surface area contributed by atoms with Gasteiger partial charge in [0.15, 0.2) is 11.6 Å². The average molecular weight is 757 g/mol. The number of hydrogen-bond acceptors (Lipinski definition) is 3. The van der Waals surface area contributed by atoms with Gasteiger partial charge in [0.2, 0.25) is 5.95 Å². The van der Waals surface area contributed by atoms with Gasteiger partial charge >= 0.3 is 0 Å². The van der Waals surface area contributed by atoms with E-state index in [9.17, 15) is 0 Å². The van der Waals surface area contributed by atoms with Crippen molar-refractivity contribution in [2.45, 2.75) is 27.7 Å². The number of fused-ring (bicyclic) bond motifs is 9. The van der Waals surface area contributed by atoms with Crippen LogP contribution in [-0.4, -0.2) is 19.5 Å². The molecule has 0 bridgehead atoms. The van der Waals surface area contributed by atoms with Gasteiger partial charge in [-0.3, -0.25) is 4.57 Å². The first-order chi connectivity index (χ1) is 28.8. The molecule has 11 rings (SSSR count). The Hall–Kier alpha value is -7.43. The quantitative estimate of drug-likeness (QED) is 0.164. The summed E-state index contributed by atoms with van der Waals surface area (Å²) in [5.74, 6) is 1.89. The summed E-state index contributed by atoms with van der Waals surface area (Å²) in [5.41, 5.74) is 13.4. The van der Waals surface area contributed by atoms with Gasteiger partial charge < -0.3 is 0 Å². The van der Waals surface area contributed by atoms with Crippen molar-refractivity contribution in [1.82, 2.24) is 19.5 Å². The lowest BCUT2D eigenvalue weighted by molar-refractivity contribution is 0.952. The standard InChI is InChI=1S/C55H40N4/c1-33-24-34(2)27-41(26-33)53-56-54(42-28-35(3)25-36(4)29-42)58-55(57-53)59-51-22-19-38(37-12-6-5-7-13-37)31-49(51)50-32-40(20-23-52(50)59)39-18-21-47-45-16-9-8-14-43(45)44-15-10-11-17-46(44)48(47)30-39/h5-32H,1-4H3. The molecule has 0 amide bonds. The summed E-state index contributed by atoms with van der Waals surface area (Å²) in [7, 11) is 0. The molecule has 2 heterocycles. The zero-order valence-corrected chi connectivity index (χ0v) is 33.5. The Kier molecular flexibility index (Phi) is 8.02. The minimum Gasteiger partial charge on any atom is -0.278 e. The molecule has 0 aliphatic carbocycles. The second-order valence-electron chi connectivity index (χ2n) is 16.1. The highest BCUT2D eigenvalue weighted by Crippen LogP contribution is 2.40. The van der Waals surface area contributed by atoms with Crippen LogP contribution in [-0.2, 0) is 0 Å². The normalized spacial score (nSPS) is 11.7. The Bertz CT molecular complexity index is 3340. The molecule has 2 aromatic heterocycles. The highest BCUT2D eigenvalue weighted by molar-refractivity contribution is 6.25. The maximum absolute atomic E-state index is 5.29. The number of aromatic nitrogens is 4. The van der Waals surface area contributed by atoms with Crippen LogP contribution in [0.15, 0.2) is 170 Å². The van der Waals surface area contributed by atoms with E-state index < -0.39 is 0 Å². The van der Waals surface area contributed by atoms with Gasteiger partial charge in [-0.1, -0.05) is 138 Å². The molecule has 0 fully saturated rings. The Labute approximate surface area is 343 Å². The van der Waals surface area contributed by atoms with E-state index in [1.807, 2.05) is 0 Å². The molecule has 280 valence electrons. The fraction of sp³-hybridized carbons (Fsp3) is 0.0727. The van der Waals surface area contributed by atoms with Crippen LogP contribution >= 0.6 is 0 Å². The average Bonchev–Trinajstić information content (AvgIpc) is 3.59. The van der Waals surface area contributed by atoms with E-state index in [0.29, 0.717) is 17.6 Å². The van der Waals surface area contributed by atoms with Crippen LogP contribution in [0.4, 0.5) is 0 Å². The van der Waals surface area contributed by atoms with Crippen LogP contribution in [0.1, 0.15) is 22.3 Å². The maximum atomic E-state index is 5.29. The van der Waals surface area contributed by atoms with Crippen molar-refractivity contribution in [3.63, 3.8) is 0 Å². The molecule has 0 radical (unpaired) electrons. The third-order valence-corrected chi connectivity index (χ3v) is 11.7. The first-order valence-corrected chi connectivity index (χ1v) is 20.3. The largest absolute Gasteiger partial charge is 0.278 e. The fourth-order valence-corrected chi connectivity index (χ4v) is 9.25. The summed E-state index contributed by atoms with van der Waals surface area (Å²) in [6, 6.07) is 61.7. The van der Waals surface area contributed by atoms with Crippen LogP contribution in [0.3, 0.4) is 0 Å². The predicted octanol–water partition coefficient (Wildman–Crippen LogP) is 14.3. The van der Waals surface area contributed by atoms with E-state index in [2.05, 4.69) is 202 Å². The van der Waals surface area contributed by atoms with Crippen LogP contribution < -0.4 is 0 Å². The van der Waals surface area contributed by atoms with E-state index in [0.717, 1.165) is 44.1 Å². The van der Waals surface area contributed by atoms with Crippen LogP contribution in [0.25, 0.3) is 105 Å². The Morgan fingerprint density at radius 2 is 0.678 bits per heavy atom. The topological polar surface area (TPSA) is 43.6 Å². The highest BCUT2D eigenvalue weighted by Gasteiger charge is 2.20. The van der Waals surface area contributed by atoms with E-state index >= 15 is 0 Å². The molecule has 4 heteroatoms. The van der Waals surface area contributed by atoms with Gasteiger partial charge in [0.05, 0.1) is 11.0 Å². The summed E-state index contributed by atoms with van der Waals surface area (Å²) in [6.45, 7) is 8.49. The Balaban J connectivity index is 1.17. The van der Waals surface area contributed by atoms with Gasteiger partial charge in [-0.05, 0) is 137 Å². The minimum atomic E-state index is 0.590. The molecular formula is C55H40N4. The van der Waals surface area contributed by atoms with Crippen molar-refractivity contribution in [2.24, 2.45) is 0 Å². The second-order valence-corrected chi connectivity index (χ2v) is 16.1. The molecule has 11 aromatic rings. The van der Waals surface area contributed by atoms with E-state index in [1.165, 1.54) is 65.7 Å². The van der Waals surface area contributed by atoms with Crippen molar-refractivity contribution in [2.75, 3.05) is 0 Å². The molecule has 0 spiro atoms. The number of aryl methyl sites for hydroxylation is 4. The lowest BCUT2D eigenvalue weighted by Gasteiger charge is -2.13. The number of nitrogens with zero attached hydrogens (tertiary/aromatic N) is 4. The van der Waals surface area contributed by atoms with Crippen LogP contribution in [0.5, 0.6) is 0 Å². The lowest BCUT2D eigenvalue weighted by atomic mass is 9.92. The van der Waals surface area contributed by atoms with Crippen LogP contribution in [0.2, 0.25) is 0 Å². The summed E-state index contributed by atoms with van der Waals surface area (Å²) in [4.78, 5) is 15.7. The van der Waals surface area contributed by atoms with Crippen LogP contribution in [0, 0.1) is 27.7 Å². The predicted molar refractivity (Wildman–Crippen MR) is 247 cm³/mol. The highest BCUT2D eigenvalue weighted by atomic mass is 15.2. The molecule has 4 nitrogen and oxygen atoms in total. The molecular weight excluding hydrogens is 717 g/mol. The molecule has 0 saturated carbocycles. The SMILES string of the molecule is Cc1cc(C)cc(-c2nc(-c3cc(C)cc(C)c3)nc(-n3c4ccc(-c5ccccc5)cc4c4cc(-c5ccc6c7ccccc7c7ccccc7c6c5)ccc43)n2)c1. The van der Waals surface area contributed by atoms with Gasteiger partial charge in [0.25, 0.3) is 0 Å². The van der Waals surface area contributed by atoms with Crippen molar-refractivity contribution in [1.29, 1.82) is 0 Å². The summed E-state index contributed by atoms with van der Waals surface area (Å²) >= 11 is 0. The van der Waals surface area contributed by atoms with Crippen molar-refractivity contribution < 1.29 is 0 Å². The van der Waals surface area contributed by atoms with E-state index in [1.54, 1.807) is 0 Å². The number of benzene rings is 9. The smallest absolute Gasteiger partial charge is 0.238 e. The summed E-state index contributed by atoms with van der Waals surface area (Å²) in [5, 5.41) is 9.90. The van der Waals surface area contributed by atoms with Crippen molar-refractivity contribution in [3.05, 3.63) is 192 Å². The third kappa shape index (κ3) is 5.95. The maximum Gasteiger partial charge on any atom is 0.238 e. The summed E-state index contributed by atoms with van der Waals surface area (Å²) < 4.78 is 2.23. The first kappa shape index (κ1) is 34.8. The van der Waals surface area contributed by atoms with Gasteiger partial charge in [0, 0.05) is 21.9 Å². The molecule has 0 aliphatic rings. The van der Waals surface area contributed by atoms with E-state index in [4.69, 9.17) is 15.0 Å². The van der Waals surface area contributed by atoms with Gasteiger partial charge in [-0.2, -0.15) is 9.97 Å². The minimum absolute atomic E-state index is 0.590. The molecule has 59 heavy (non-hydrogen) atoms. The Morgan fingerprint density at radius 3 is 1.17 bits per heavy atom. The molecule has 0 aliphatic heterocycles. The number of hydrogen-bond donors (Lipinski definition) is 0. The van der Waals surface area contributed by atoms with Crippen molar-refractivity contribution in [3.8, 4) is 51.0 Å². The van der Waals surface area contributed by atoms with Gasteiger partial charge in [-0.25, -0.2) is 4.98 Å². The lowest BCUT2D eigenvalue weighted by Crippen LogP contribution is -2.06. The second kappa shape index (κ2) is 13.6. The monoisotopic (exact) mass is 756 g/mol. The molecule has 0 N–H and O–H groups in total. The molecule has 9 aromatic carbocycles. The first-order valence-electron chi connectivity index (χ1n) is 20.3. The molecule has 0 saturated heterocycles. The number of rotatable bonds is 5. The zero-order valence-electron chi connectivity index (χ0n) is 33.5. The third-order valence-electron chi connectivity index (χ3n) is 11.7. The van der Waals surface area contributed by atoms with E-state index in [-0.39, 0.29) is 0 Å². The Morgan fingerprint density at radius 1 is 0.288 bits per heavy atom. The zero-order chi connectivity index (χ0) is 39.8. The molecule has 0 atom stereocenters.